The van der Waals surface area contributed by atoms with E-state index in [1.54, 1.807) is 42.5 Å². The number of hydrogen-bond acceptors (Lipinski definition) is 6. The number of methoxy groups -OCH3 is 2. The van der Waals surface area contributed by atoms with Gasteiger partial charge in [-0.2, -0.15) is 0 Å². The van der Waals surface area contributed by atoms with Gasteiger partial charge in [-0.15, -0.1) is 0 Å². The number of benzene rings is 2. The van der Waals surface area contributed by atoms with Gasteiger partial charge in [-0.25, -0.2) is 0 Å². The first-order valence-corrected chi connectivity index (χ1v) is 9.53. The van der Waals surface area contributed by atoms with E-state index >= 15 is 0 Å². The minimum Gasteiger partial charge on any atom is -0.497 e. The SMILES string of the molecule is COc1ccc(OC)c(NC(=O)COC(=O)[C@@H]2CC(=O)N(c3cccc(Cl)c3)C2)c1. The second-order valence-corrected chi connectivity index (χ2v) is 7.04. The summed E-state index contributed by atoms with van der Waals surface area (Å²) in [7, 11) is 2.98. The summed E-state index contributed by atoms with van der Waals surface area (Å²) in [6.45, 7) is -0.315. The Morgan fingerprint density at radius 3 is 2.67 bits per heavy atom. The molecule has 1 heterocycles. The van der Waals surface area contributed by atoms with Crippen molar-refractivity contribution < 1.29 is 28.6 Å². The third-order valence-corrected chi connectivity index (χ3v) is 4.84. The molecule has 1 fully saturated rings. The molecule has 8 nitrogen and oxygen atoms in total. The molecule has 1 aliphatic rings. The van der Waals surface area contributed by atoms with Gasteiger partial charge in [0, 0.05) is 29.7 Å². The van der Waals surface area contributed by atoms with Crippen LogP contribution in [0, 0.1) is 5.92 Å². The van der Waals surface area contributed by atoms with E-state index in [1.807, 2.05) is 0 Å². The van der Waals surface area contributed by atoms with Crippen LogP contribution < -0.4 is 19.7 Å². The maximum Gasteiger partial charge on any atom is 0.311 e. The number of esters is 1. The lowest BCUT2D eigenvalue weighted by Gasteiger charge is -2.16. The Morgan fingerprint density at radius 1 is 1.17 bits per heavy atom. The third kappa shape index (κ3) is 5.01. The average Bonchev–Trinajstić information content (AvgIpc) is 3.13. The van der Waals surface area contributed by atoms with Crippen LogP contribution >= 0.6 is 11.6 Å². The van der Waals surface area contributed by atoms with Crippen LogP contribution in [0.25, 0.3) is 0 Å². The molecule has 0 aliphatic carbocycles. The Kier molecular flexibility index (Phi) is 6.79. The zero-order valence-electron chi connectivity index (χ0n) is 16.5. The van der Waals surface area contributed by atoms with Crippen LogP contribution in [-0.4, -0.2) is 45.2 Å². The predicted octanol–water partition coefficient (Wildman–Crippen LogP) is 2.89. The number of anilines is 2. The first-order valence-electron chi connectivity index (χ1n) is 9.15. The smallest absolute Gasteiger partial charge is 0.311 e. The molecule has 0 saturated carbocycles. The molecule has 1 aliphatic heterocycles. The number of rotatable bonds is 7. The summed E-state index contributed by atoms with van der Waals surface area (Å²) in [5.41, 5.74) is 1.01. The van der Waals surface area contributed by atoms with E-state index in [0.29, 0.717) is 27.9 Å². The molecule has 0 aromatic heterocycles. The minimum atomic E-state index is -0.657. The summed E-state index contributed by atoms with van der Waals surface area (Å²) >= 11 is 5.97. The number of hydrogen-bond donors (Lipinski definition) is 1. The van der Waals surface area contributed by atoms with Gasteiger partial charge in [0.1, 0.15) is 11.5 Å². The van der Waals surface area contributed by atoms with Gasteiger partial charge in [-0.3, -0.25) is 14.4 Å². The maximum atomic E-state index is 12.4. The van der Waals surface area contributed by atoms with Crippen molar-refractivity contribution in [1.29, 1.82) is 0 Å². The molecule has 9 heteroatoms. The van der Waals surface area contributed by atoms with Crippen molar-refractivity contribution in [3.63, 3.8) is 0 Å². The van der Waals surface area contributed by atoms with Crippen molar-refractivity contribution in [2.45, 2.75) is 6.42 Å². The molecule has 0 spiro atoms. The predicted molar refractivity (Wildman–Crippen MR) is 111 cm³/mol. The molecule has 1 atom stereocenters. The van der Waals surface area contributed by atoms with Gasteiger partial charge in [0.2, 0.25) is 5.91 Å². The number of nitrogens with zero attached hydrogens (tertiary/aromatic N) is 1. The molecular formula is C21H21ClN2O6. The fourth-order valence-electron chi connectivity index (χ4n) is 3.11. The summed E-state index contributed by atoms with van der Waals surface area (Å²) in [4.78, 5) is 38.3. The molecule has 2 aromatic carbocycles. The quantitative estimate of drug-likeness (QED) is 0.676. The van der Waals surface area contributed by atoms with Crippen LogP contribution in [0.5, 0.6) is 11.5 Å². The zero-order chi connectivity index (χ0) is 21.7. The third-order valence-electron chi connectivity index (χ3n) is 4.60. The van der Waals surface area contributed by atoms with Crippen molar-refractivity contribution >= 4 is 40.8 Å². The number of amides is 2. The zero-order valence-corrected chi connectivity index (χ0v) is 17.3. The Balaban J connectivity index is 1.56. The van der Waals surface area contributed by atoms with Gasteiger partial charge < -0.3 is 24.4 Å². The lowest BCUT2D eigenvalue weighted by molar-refractivity contribution is -0.151. The second-order valence-electron chi connectivity index (χ2n) is 6.61. The van der Waals surface area contributed by atoms with E-state index in [9.17, 15) is 14.4 Å². The molecule has 158 valence electrons. The highest BCUT2D eigenvalue weighted by Crippen LogP contribution is 2.29. The maximum absolute atomic E-state index is 12.4. The van der Waals surface area contributed by atoms with Gasteiger partial charge in [-0.05, 0) is 30.3 Å². The summed E-state index contributed by atoms with van der Waals surface area (Å²) in [5.74, 6) is -1.03. The topological polar surface area (TPSA) is 94.2 Å². The first kappa shape index (κ1) is 21.4. The van der Waals surface area contributed by atoms with Crippen molar-refractivity contribution in [2.24, 2.45) is 5.92 Å². The first-order chi connectivity index (χ1) is 14.4. The highest BCUT2D eigenvalue weighted by molar-refractivity contribution is 6.31. The lowest BCUT2D eigenvalue weighted by Crippen LogP contribution is -2.28. The van der Waals surface area contributed by atoms with Gasteiger partial charge >= 0.3 is 5.97 Å². The molecule has 2 amide bonds. The molecule has 1 saturated heterocycles. The molecular weight excluding hydrogens is 412 g/mol. The number of ether oxygens (including phenoxy) is 3. The number of halogens is 1. The highest BCUT2D eigenvalue weighted by Gasteiger charge is 2.36. The largest absolute Gasteiger partial charge is 0.497 e. The number of carbonyl (C=O) groups is 3. The van der Waals surface area contributed by atoms with Crippen LogP contribution in [0.3, 0.4) is 0 Å². The molecule has 3 rings (SSSR count). The van der Waals surface area contributed by atoms with Crippen molar-refractivity contribution in [3.8, 4) is 11.5 Å². The fraction of sp³-hybridized carbons (Fsp3) is 0.286. The Bertz CT molecular complexity index is 964. The van der Waals surface area contributed by atoms with Crippen molar-refractivity contribution in [1.82, 2.24) is 0 Å². The van der Waals surface area contributed by atoms with E-state index in [1.165, 1.54) is 19.1 Å². The molecule has 1 N–H and O–H groups in total. The summed E-state index contributed by atoms with van der Waals surface area (Å²) in [6.07, 6.45) is 0.0106. The van der Waals surface area contributed by atoms with Crippen LogP contribution in [0.1, 0.15) is 6.42 Å². The molecule has 2 aromatic rings. The van der Waals surface area contributed by atoms with Gasteiger partial charge in [-0.1, -0.05) is 17.7 Å². The number of nitrogens with one attached hydrogen (secondary N) is 1. The molecule has 0 bridgehead atoms. The molecule has 30 heavy (non-hydrogen) atoms. The van der Waals surface area contributed by atoms with Crippen LogP contribution in [-0.2, 0) is 19.1 Å². The summed E-state index contributed by atoms with van der Waals surface area (Å²) < 4.78 is 15.4. The average molecular weight is 433 g/mol. The fourth-order valence-corrected chi connectivity index (χ4v) is 3.30. The van der Waals surface area contributed by atoms with E-state index in [2.05, 4.69) is 5.32 Å². The van der Waals surface area contributed by atoms with Gasteiger partial charge in [0.25, 0.3) is 5.91 Å². The molecule has 0 unspecified atom stereocenters. The van der Waals surface area contributed by atoms with E-state index in [4.69, 9.17) is 25.8 Å². The number of carbonyl (C=O) groups excluding carboxylic acids is 3. The Hall–Kier alpha value is -3.26. The van der Waals surface area contributed by atoms with Crippen LogP contribution in [0.15, 0.2) is 42.5 Å². The molecule has 0 radical (unpaired) electrons. The summed E-state index contributed by atoms with van der Waals surface area (Å²) in [6, 6.07) is 11.8. The van der Waals surface area contributed by atoms with E-state index < -0.39 is 24.4 Å². The normalized spacial score (nSPS) is 15.6. The standard InChI is InChI=1S/C21H21ClN2O6/c1-28-16-6-7-18(29-2)17(10-16)23-19(25)12-30-21(27)13-8-20(26)24(11-13)15-5-3-4-14(22)9-15/h3-7,9-10,13H,8,11-12H2,1-2H3,(H,23,25)/t13-/m1/s1. The monoisotopic (exact) mass is 432 g/mol. The second kappa shape index (κ2) is 9.49. The Labute approximate surface area is 178 Å². The van der Waals surface area contributed by atoms with Gasteiger partial charge in [0.05, 0.1) is 25.8 Å². The van der Waals surface area contributed by atoms with Crippen molar-refractivity contribution in [3.05, 3.63) is 47.5 Å². The summed E-state index contributed by atoms with van der Waals surface area (Å²) in [5, 5.41) is 3.11. The van der Waals surface area contributed by atoms with Crippen LogP contribution in [0.2, 0.25) is 5.02 Å². The minimum absolute atomic E-state index is 0.0106. The van der Waals surface area contributed by atoms with Gasteiger partial charge in [0.15, 0.2) is 6.61 Å². The highest BCUT2D eigenvalue weighted by atomic mass is 35.5. The van der Waals surface area contributed by atoms with Crippen LogP contribution in [0.4, 0.5) is 11.4 Å². The van der Waals surface area contributed by atoms with E-state index in [0.717, 1.165) is 0 Å². The Morgan fingerprint density at radius 2 is 1.97 bits per heavy atom. The lowest BCUT2D eigenvalue weighted by atomic mass is 10.1. The van der Waals surface area contributed by atoms with Crippen molar-refractivity contribution in [2.75, 3.05) is 37.6 Å². The van der Waals surface area contributed by atoms with E-state index in [-0.39, 0.29) is 18.9 Å².